The number of methoxy groups -OCH3 is 1. The van der Waals surface area contributed by atoms with E-state index in [1.54, 1.807) is 43.7 Å². The third-order valence-electron chi connectivity index (χ3n) is 3.68. The Morgan fingerprint density at radius 3 is 2.56 bits per heavy atom. The number of thiazole rings is 1. The standard InChI is InChI=1S/C17H18N6O3S/c1-11(23-10-18-9-19-23)16(24)20-12-3-5-13(6-4-12)21-17(25)14-8-27-15(22-14)7-26-2/h3-6,8-11H,7H2,1-2H3,(H,20,24)(H,21,25). The van der Waals surface area contributed by atoms with Crippen molar-refractivity contribution in [2.24, 2.45) is 0 Å². The normalized spacial score (nSPS) is 11.8. The maximum absolute atomic E-state index is 12.2. The van der Waals surface area contributed by atoms with Gasteiger partial charge in [0.25, 0.3) is 5.91 Å². The molecule has 2 heterocycles. The van der Waals surface area contributed by atoms with Gasteiger partial charge in [-0.2, -0.15) is 5.10 Å². The number of carbonyl (C=O) groups excluding carboxylic acids is 2. The zero-order valence-corrected chi connectivity index (χ0v) is 15.6. The molecule has 0 saturated heterocycles. The summed E-state index contributed by atoms with van der Waals surface area (Å²) in [4.78, 5) is 32.5. The summed E-state index contributed by atoms with van der Waals surface area (Å²) in [5, 5.41) is 11.9. The fourth-order valence-corrected chi connectivity index (χ4v) is 2.97. The molecule has 3 rings (SSSR count). The van der Waals surface area contributed by atoms with Crippen molar-refractivity contribution in [1.29, 1.82) is 0 Å². The number of amides is 2. The number of anilines is 2. The number of hydrogen-bond acceptors (Lipinski definition) is 7. The highest BCUT2D eigenvalue weighted by Crippen LogP contribution is 2.17. The van der Waals surface area contributed by atoms with E-state index in [-0.39, 0.29) is 11.8 Å². The van der Waals surface area contributed by atoms with Crippen molar-refractivity contribution < 1.29 is 14.3 Å². The Balaban J connectivity index is 1.58. The molecule has 27 heavy (non-hydrogen) atoms. The minimum absolute atomic E-state index is 0.217. The second kappa shape index (κ2) is 8.52. The maximum atomic E-state index is 12.2. The van der Waals surface area contributed by atoms with E-state index >= 15 is 0 Å². The van der Waals surface area contributed by atoms with E-state index in [1.807, 2.05) is 0 Å². The summed E-state index contributed by atoms with van der Waals surface area (Å²) in [5.74, 6) is -0.518. The predicted molar refractivity (Wildman–Crippen MR) is 101 cm³/mol. The van der Waals surface area contributed by atoms with Gasteiger partial charge in [-0.1, -0.05) is 0 Å². The number of nitrogens with one attached hydrogen (secondary N) is 2. The van der Waals surface area contributed by atoms with Crippen LogP contribution >= 0.6 is 11.3 Å². The minimum atomic E-state index is -0.488. The minimum Gasteiger partial charge on any atom is -0.378 e. The Morgan fingerprint density at radius 2 is 1.93 bits per heavy atom. The van der Waals surface area contributed by atoms with Crippen LogP contribution in [0.5, 0.6) is 0 Å². The quantitative estimate of drug-likeness (QED) is 0.645. The molecule has 0 fully saturated rings. The Hall–Kier alpha value is -3.11. The first-order chi connectivity index (χ1) is 13.1. The molecule has 0 saturated carbocycles. The second-order valence-corrected chi connectivity index (χ2v) is 6.57. The molecule has 0 bridgehead atoms. The van der Waals surface area contributed by atoms with E-state index < -0.39 is 6.04 Å². The lowest BCUT2D eigenvalue weighted by atomic mass is 10.2. The van der Waals surface area contributed by atoms with Gasteiger partial charge < -0.3 is 15.4 Å². The molecule has 0 aliphatic rings. The first kappa shape index (κ1) is 18.7. The van der Waals surface area contributed by atoms with Crippen molar-refractivity contribution in [3.63, 3.8) is 0 Å². The SMILES string of the molecule is COCc1nc(C(=O)Nc2ccc(NC(=O)C(C)n3cncn3)cc2)cs1. The fraction of sp³-hybridized carbons (Fsp3) is 0.235. The second-order valence-electron chi connectivity index (χ2n) is 5.63. The molecule has 0 radical (unpaired) electrons. The summed E-state index contributed by atoms with van der Waals surface area (Å²) in [7, 11) is 1.58. The van der Waals surface area contributed by atoms with Crippen molar-refractivity contribution in [3.05, 3.63) is 53.0 Å². The fourth-order valence-electron chi connectivity index (χ4n) is 2.22. The van der Waals surface area contributed by atoms with E-state index in [0.29, 0.717) is 23.7 Å². The number of benzene rings is 1. The molecule has 3 aromatic rings. The number of ether oxygens (including phenoxy) is 1. The largest absolute Gasteiger partial charge is 0.378 e. The Labute approximate surface area is 159 Å². The van der Waals surface area contributed by atoms with Gasteiger partial charge in [-0.25, -0.2) is 14.6 Å². The molecule has 0 spiro atoms. The van der Waals surface area contributed by atoms with Crippen molar-refractivity contribution in [2.75, 3.05) is 17.7 Å². The summed E-state index contributed by atoms with van der Waals surface area (Å²) in [6.07, 6.45) is 2.86. The zero-order chi connectivity index (χ0) is 19.2. The number of aromatic nitrogens is 4. The number of hydrogen-bond donors (Lipinski definition) is 2. The van der Waals surface area contributed by atoms with E-state index in [4.69, 9.17) is 4.74 Å². The van der Waals surface area contributed by atoms with Crippen LogP contribution in [0.1, 0.15) is 28.5 Å². The van der Waals surface area contributed by atoms with Gasteiger partial charge in [0.05, 0.1) is 6.61 Å². The molecule has 1 aromatic carbocycles. The van der Waals surface area contributed by atoms with E-state index in [2.05, 4.69) is 25.7 Å². The first-order valence-electron chi connectivity index (χ1n) is 8.06. The van der Waals surface area contributed by atoms with Crippen LogP contribution in [0.3, 0.4) is 0 Å². The molecule has 9 nitrogen and oxygen atoms in total. The molecule has 10 heteroatoms. The van der Waals surface area contributed by atoms with Crippen LogP contribution in [0, 0.1) is 0 Å². The molecule has 2 amide bonds. The molecule has 2 aromatic heterocycles. The van der Waals surface area contributed by atoms with Crippen LogP contribution in [0.2, 0.25) is 0 Å². The molecule has 1 unspecified atom stereocenters. The van der Waals surface area contributed by atoms with Gasteiger partial charge in [0.1, 0.15) is 29.4 Å². The summed E-state index contributed by atoms with van der Waals surface area (Å²) >= 11 is 1.37. The highest BCUT2D eigenvalue weighted by molar-refractivity contribution is 7.09. The van der Waals surface area contributed by atoms with Gasteiger partial charge in [0.15, 0.2) is 0 Å². The van der Waals surface area contributed by atoms with Crippen LogP contribution in [-0.2, 0) is 16.1 Å². The molecule has 0 aliphatic carbocycles. The first-order valence-corrected chi connectivity index (χ1v) is 8.94. The number of rotatable bonds is 7. The monoisotopic (exact) mass is 386 g/mol. The van der Waals surface area contributed by atoms with Crippen LogP contribution in [-0.4, -0.2) is 38.7 Å². The molecular formula is C17H18N6O3S. The lowest BCUT2D eigenvalue weighted by Gasteiger charge is -2.12. The van der Waals surface area contributed by atoms with Gasteiger partial charge in [0, 0.05) is 23.9 Å². The van der Waals surface area contributed by atoms with Crippen LogP contribution in [0.15, 0.2) is 42.3 Å². The number of carbonyl (C=O) groups is 2. The maximum Gasteiger partial charge on any atom is 0.275 e. The average Bonchev–Trinajstić information content (AvgIpc) is 3.35. The van der Waals surface area contributed by atoms with Crippen molar-refractivity contribution in [3.8, 4) is 0 Å². The zero-order valence-electron chi connectivity index (χ0n) is 14.7. The molecule has 1 atom stereocenters. The van der Waals surface area contributed by atoms with Gasteiger partial charge in [-0.3, -0.25) is 9.59 Å². The van der Waals surface area contributed by atoms with E-state index in [9.17, 15) is 9.59 Å². The smallest absolute Gasteiger partial charge is 0.275 e. The van der Waals surface area contributed by atoms with Crippen molar-refractivity contribution >= 4 is 34.5 Å². The van der Waals surface area contributed by atoms with Gasteiger partial charge >= 0.3 is 0 Å². The number of nitrogens with zero attached hydrogens (tertiary/aromatic N) is 4. The topological polar surface area (TPSA) is 111 Å². The summed E-state index contributed by atoms with van der Waals surface area (Å²) < 4.78 is 6.47. The van der Waals surface area contributed by atoms with Crippen molar-refractivity contribution in [1.82, 2.24) is 19.7 Å². The molecule has 2 N–H and O–H groups in total. The van der Waals surface area contributed by atoms with Gasteiger partial charge in [-0.05, 0) is 31.2 Å². The Morgan fingerprint density at radius 1 is 1.22 bits per heavy atom. The lowest BCUT2D eigenvalue weighted by molar-refractivity contribution is -0.119. The van der Waals surface area contributed by atoms with Crippen LogP contribution in [0.25, 0.3) is 0 Å². The molecule has 140 valence electrons. The van der Waals surface area contributed by atoms with Gasteiger partial charge in [-0.15, -0.1) is 11.3 Å². The summed E-state index contributed by atoms with van der Waals surface area (Å²) in [6.45, 7) is 2.10. The van der Waals surface area contributed by atoms with E-state index in [0.717, 1.165) is 5.01 Å². The van der Waals surface area contributed by atoms with Crippen molar-refractivity contribution in [2.45, 2.75) is 19.6 Å². The summed E-state index contributed by atoms with van der Waals surface area (Å²) in [5.41, 5.74) is 1.55. The molecule has 0 aliphatic heterocycles. The third kappa shape index (κ3) is 4.74. The predicted octanol–water partition coefficient (Wildman–Crippen LogP) is 2.33. The average molecular weight is 386 g/mol. The van der Waals surface area contributed by atoms with E-state index in [1.165, 1.54) is 28.7 Å². The van der Waals surface area contributed by atoms with Crippen LogP contribution in [0.4, 0.5) is 11.4 Å². The van der Waals surface area contributed by atoms with Crippen LogP contribution < -0.4 is 10.6 Å². The Kier molecular flexibility index (Phi) is 5.89. The molecular weight excluding hydrogens is 368 g/mol. The third-order valence-corrected chi connectivity index (χ3v) is 4.50. The lowest BCUT2D eigenvalue weighted by Crippen LogP contribution is -2.24. The highest BCUT2D eigenvalue weighted by atomic mass is 32.1. The highest BCUT2D eigenvalue weighted by Gasteiger charge is 2.16. The Bertz CT molecular complexity index is 907. The summed E-state index contributed by atoms with van der Waals surface area (Å²) in [6, 6.07) is 6.34. The van der Waals surface area contributed by atoms with Gasteiger partial charge in [0.2, 0.25) is 5.91 Å².